The lowest BCUT2D eigenvalue weighted by molar-refractivity contribution is 0.321. The number of pyridine rings is 7. The third-order valence-corrected chi connectivity index (χ3v) is 23.4. The minimum Gasteiger partial charge on any atom is -0.488 e. The minimum atomic E-state index is 0. The molecule has 2 fully saturated rings. The largest absolute Gasteiger partial charge is 0.488 e. The summed E-state index contributed by atoms with van der Waals surface area (Å²) in [5.41, 5.74) is 15.4. The molecule has 13 aromatic rings. The monoisotopic (exact) mass is 1730 g/mol. The van der Waals surface area contributed by atoms with Crippen LogP contribution in [0.2, 0.25) is 0 Å². The van der Waals surface area contributed by atoms with Gasteiger partial charge in [-0.2, -0.15) is 5.10 Å². The van der Waals surface area contributed by atoms with Crippen LogP contribution in [-0.4, -0.2) is 169 Å². The first-order chi connectivity index (χ1) is 62.5. The van der Waals surface area contributed by atoms with Crippen LogP contribution >= 0.6 is 11.8 Å². The number of aromatic nitrogens is 13. The van der Waals surface area contributed by atoms with Crippen LogP contribution < -0.4 is 73.9 Å². The number of thioether (sulfide) groups is 1. The van der Waals surface area contributed by atoms with E-state index in [1.54, 1.807) is 43.6 Å². The van der Waals surface area contributed by atoms with Gasteiger partial charge in [0.05, 0.1) is 30.4 Å². The number of nitrogens with one attached hydrogen (secondary N) is 13. The maximum absolute atomic E-state index is 5.30. The van der Waals surface area contributed by atoms with Crippen molar-refractivity contribution in [3.8, 4) is 5.75 Å². The fourth-order valence-electron chi connectivity index (χ4n) is 15.8. The summed E-state index contributed by atoms with van der Waals surface area (Å²) in [6.07, 6.45) is 47.2. The molecule has 0 radical (unpaired) electrons. The highest BCUT2D eigenvalue weighted by Crippen LogP contribution is 2.32. The third-order valence-electron chi connectivity index (χ3n) is 22.4. The van der Waals surface area contributed by atoms with Gasteiger partial charge in [-0.25, -0.2) is 44.9 Å². The van der Waals surface area contributed by atoms with Crippen molar-refractivity contribution in [1.82, 2.24) is 75.7 Å². The number of furan rings is 1. The van der Waals surface area contributed by atoms with Gasteiger partial charge in [-0.15, -0.1) is 16.9 Å². The summed E-state index contributed by atoms with van der Waals surface area (Å²) in [5, 5.41) is 51.2. The molecule has 1 aliphatic carbocycles. The fraction of sp³-hybridized carbons (Fsp3) is 0.378. The summed E-state index contributed by atoms with van der Waals surface area (Å²) in [7, 11) is 0. The number of hydrogen-bond acceptors (Lipinski definition) is 29. The van der Waals surface area contributed by atoms with E-state index in [0.717, 1.165) is 216 Å². The van der Waals surface area contributed by atoms with Gasteiger partial charge < -0.3 is 78.3 Å². The third kappa shape index (κ3) is 29.9. The van der Waals surface area contributed by atoms with Crippen molar-refractivity contribution in [2.24, 2.45) is 5.92 Å². The molecule has 664 valence electrons. The number of piperidine rings is 1. The molecule has 13 N–H and O–H groups in total. The second-order valence-electron chi connectivity index (χ2n) is 31.4. The fourth-order valence-corrected chi connectivity index (χ4v) is 16.7. The van der Waals surface area contributed by atoms with Gasteiger partial charge in [0.25, 0.3) is 0 Å². The standard InChI is InChI=1S/C9H12N2.C9H11N.2C8H10N2.C8H6O.4C7H9N3.C7H8N2O.C7H8N2S.C7H8N2.C6H11N.CH4/c1-2-6-10-9-8(4-1)5-3-7-11-9;1-2-4-9-7-10-6-5-8(9)3-1;1-3-7-4-2-6-10-8(7)9-5-1;1-2-7-6-9-5-3-8(7)10-4-1;1-2-4-8-7(3-1)5-6-9-8;1-2-6-3-5-9-10-7(6)8-4-1;1-2-6-4-8-5-10-7(6)9-3-1;2*1-2-6-7(9-3-1)10-5-4-8-6;2*1-2-6-7(8-3-1)9-4-5-10-6;1-2-6-3-5-9-7(6)8-4-1;1-2-6-3-5(1)4-7-6;/h3,5,7H,1-2,4,6H2,(H,10,11);1-4,10H,5-7H2;1,3,5H,2,4,6H2,(H,9,10);3,5-6,10H,1-2,4H2;1-6H;3,5H,1-2,4H2,(H,8,10);4-5H,1-3H2,(H,8,9,10);4-5H,1-3H2,(H,9,10);1-3,8H,4-5H2,(H,9,10);2*1-3H,4-5H2,(H,8,9);1-2,4H,3,5H2,(H,8,9);5-7H,1-4H2;1H4. The molecule has 2 bridgehead atoms. The lowest BCUT2D eigenvalue weighted by Gasteiger charge is -2.17. The topological polar surface area (TPSA) is 346 Å². The Morgan fingerprint density at radius 3 is 1.59 bits per heavy atom. The smallest absolute Gasteiger partial charge is 0.168 e. The Hall–Kier alpha value is -12.9. The molecule has 1 saturated carbocycles. The lowest BCUT2D eigenvalue weighted by Crippen LogP contribution is -2.23. The summed E-state index contributed by atoms with van der Waals surface area (Å²) in [5.74, 6) is 12.1. The van der Waals surface area contributed by atoms with Crippen LogP contribution in [0.4, 0.5) is 63.7 Å². The van der Waals surface area contributed by atoms with Crippen LogP contribution in [0.25, 0.3) is 11.0 Å². The van der Waals surface area contributed by atoms with Crippen molar-refractivity contribution in [1.29, 1.82) is 0 Å². The molecule has 0 spiro atoms. The Bertz CT molecular complexity index is 4320. The maximum Gasteiger partial charge on any atom is 0.168 e. The molecule has 12 aliphatic heterocycles. The molecule has 23 heterocycles. The molecular formula is C98H124N26O2S. The zero-order valence-corrected chi connectivity index (χ0v) is 72.9. The molecule has 26 rings (SSSR count). The van der Waals surface area contributed by atoms with E-state index in [4.69, 9.17) is 9.15 Å². The number of aryl methyl sites for hydroxylation is 6. The Morgan fingerprint density at radius 1 is 0.346 bits per heavy atom. The second-order valence-corrected chi connectivity index (χ2v) is 32.5. The molecule has 29 heteroatoms. The number of hydrogen-bond donors (Lipinski definition) is 13. The summed E-state index contributed by atoms with van der Waals surface area (Å²) in [4.78, 5) is 46.8. The maximum atomic E-state index is 5.30. The highest BCUT2D eigenvalue weighted by Gasteiger charge is 2.30. The molecule has 11 aromatic heterocycles. The molecule has 28 nitrogen and oxygen atoms in total. The molecule has 1 saturated heterocycles. The first-order valence-corrected chi connectivity index (χ1v) is 45.8. The van der Waals surface area contributed by atoms with E-state index in [2.05, 4.69) is 183 Å². The van der Waals surface area contributed by atoms with E-state index >= 15 is 0 Å². The van der Waals surface area contributed by atoms with E-state index in [0.29, 0.717) is 0 Å². The van der Waals surface area contributed by atoms with Crippen molar-refractivity contribution in [2.45, 2.75) is 140 Å². The Balaban J connectivity index is 0.000000118. The van der Waals surface area contributed by atoms with Crippen LogP contribution in [-0.2, 0) is 57.9 Å². The SMILES string of the molecule is C.C1CC2CC1CN2.c1cc2c(cn1)CCCN2.c1cc2c(nn1)NCCC2.c1ccc2c(c1)CCNC2.c1ccc2occc2c1.c1cnc2c(c1)CCCCN2.c1cnc2c(c1)CCCN2.c1cnc2c(c1)CCN2.c1cnc2c(c1)NCCN2.c1cnc2c(c1)OCCN2.c1cnc2c(c1)SCCN2.c1cnc2c(n1)CCCN2.c1ncc2c(n1)NCCC2. The van der Waals surface area contributed by atoms with Gasteiger partial charge in [0.15, 0.2) is 17.4 Å². The van der Waals surface area contributed by atoms with Crippen molar-refractivity contribution in [2.75, 3.05) is 156 Å². The predicted octanol–water partition coefficient (Wildman–Crippen LogP) is 16.8. The van der Waals surface area contributed by atoms with Gasteiger partial charge in [0.1, 0.15) is 59.2 Å². The van der Waals surface area contributed by atoms with E-state index in [9.17, 15) is 0 Å². The van der Waals surface area contributed by atoms with Crippen molar-refractivity contribution in [3.63, 3.8) is 0 Å². The van der Waals surface area contributed by atoms with Gasteiger partial charge >= 0.3 is 0 Å². The van der Waals surface area contributed by atoms with E-state index in [1.165, 1.54) is 152 Å². The van der Waals surface area contributed by atoms with Crippen molar-refractivity contribution >= 4 is 86.5 Å². The molecule has 0 amide bonds. The number of nitrogens with zero attached hydrogens (tertiary/aromatic N) is 13. The van der Waals surface area contributed by atoms with Crippen LogP contribution in [0.5, 0.6) is 5.75 Å². The van der Waals surface area contributed by atoms with Gasteiger partial charge in [0.2, 0.25) is 0 Å². The van der Waals surface area contributed by atoms with Gasteiger partial charge in [-0.1, -0.05) is 68.1 Å². The Kier molecular flexibility index (Phi) is 37.7. The van der Waals surface area contributed by atoms with Gasteiger partial charge in [-0.05, 0) is 252 Å². The molecule has 127 heavy (non-hydrogen) atoms. The molecule has 13 aliphatic rings. The summed E-state index contributed by atoms with van der Waals surface area (Å²) in [6, 6.07) is 47.7. The van der Waals surface area contributed by atoms with E-state index < -0.39 is 0 Å². The summed E-state index contributed by atoms with van der Waals surface area (Å²) >= 11 is 1.86. The summed E-state index contributed by atoms with van der Waals surface area (Å²) in [6.45, 7) is 15.5. The van der Waals surface area contributed by atoms with E-state index in [-0.39, 0.29) is 7.43 Å². The van der Waals surface area contributed by atoms with Crippen LogP contribution in [0.3, 0.4) is 0 Å². The number of benzene rings is 2. The quantitative estimate of drug-likeness (QED) is 0.0671. The molecular weight excluding hydrogens is 1610 g/mol. The van der Waals surface area contributed by atoms with Crippen LogP contribution in [0, 0.1) is 5.92 Å². The number of rotatable bonds is 0. The van der Waals surface area contributed by atoms with Crippen LogP contribution in [0.15, 0.2) is 236 Å². The van der Waals surface area contributed by atoms with Gasteiger partial charge in [0, 0.05) is 173 Å². The normalized spacial score (nSPS) is 16.8. The number of fused-ring (bicyclic) bond motifs is 14. The van der Waals surface area contributed by atoms with E-state index in [1.807, 2.05) is 146 Å². The average molecular weight is 1730 g/mol. The number of anilines is 11. The lowest BCUT2D eigenvalue weighted by atomic mass is 10.0. The minimum absolute atomic E-state index is 0. The second kappa shape index (κ2) is 52.2. The number of ether oxygens (including phenoxy) is 1. The Morgan fingerprint density at radius 2 is 0.906 bits per heavy atom. The Labute approximate surface area is 751 Å². The zero-order chi connectivity index (χ0) is 85.7. The van der Waals surface area contributed by atoms with Crippen molar-refractivity contribution in [3.05, 3.63) is 277 Å². The summed E-state index contributed by atoms with van der Waals surface area (Å²) < 4.78 is 10.4. The van der Waals surface area contributed by atoms with Crippen molar-refractivity contribution < 1.29 is 9.15 Å². The molecule has 2 atom stereocenters. The molecule has 2 aromatic carbocycles. The average Bonchev–Trinajstić information content (AvgIpc) is 1.65. The number of para-hydroxylation sites is 1. The zero-order valence-electron chi connectivity index (χ0n) is 72.1. The highest BCUT2D eigenvalue weighted by atomic mass is 32.2. The first-order valence-electron chi connectivity index (χ1n) is 44.9. The van der Waals surface area contributed by atoms with Crippen LogP contribution in [0.1, 0.15) is 122 Å². The first kappa shape index (κ1) is 91.8. The van der Waals surface area contributed by atoms with Gasteiger partial charge in [-0.3, -0.25) is 9.97 Å². The molecule has 2 unspecified atom stereocenters. The predicted molar refractivity (Wildman–Crippen MR) is 518 cm³/mol. The highest BCUT2D eigenvalue weighted by molar-refractivity contribution is 7.99.